The SMILES string of the molecule is C/C=C\[C@H]1CCC([C@H](C)CC)C1. The monoisotopic (exact) mass is 166 g/mol. The minimum absolute atomic E-state index is 0.897. The number of hydrogen-bond acceptors (Lipinski definition) is 0. The van der Waals surface area contributed by atoms with Crippen LogP contribution >= 0.6 is 0 Å². The predicted octanol–water partition coefficient (Wildman–Crippen LogP) is 4.02. The molecule has 1 aliphatic rings. The first-order valence-corrected chi connectivity index (χ1v) is 5.40. The first kappa shape index (κ1) is 9.83. The first-order chi connectivity index (χ1) is 5.77. The smallest absolute Gasteiger partial charge is 0.0231 e. The summed E-state index contributed by atoms with van der Waals surface area (Å²) >= 11 is 0. The van der Waals surface area contributed by atoms with Crippen molar-refractivity contribution in [3.8, 4) is 0 Å². The molecule has 1 saturated carbocycles. The lowest BCUT2D eigenvalue weighted by Crippen LogP contribution is -2.06. The lowest BCUT2D eigenvalue weighted by molar-refractivity contribution is 0.351. The Bertz CT molecular complexity index is 146. The highest BCUT2D eigenvalue weighted by molar-refractivity contribution is 4.91. The lowest BCUT2D eigenvalue weighted by Gasteiger charge is -2.16. The van der Waals surface area contributed by atoms with Gasteiger partial charge in [0.15, 0.2) is 0 Å². The van der Waals surface area contributed by atoms with Crippen LogP contribution in [-0.2, 0) is 0 Å². The summed E-state index contributed by atoms with van der Waals surface area (Å²) in [6, 6.07) is 0. The number of hydrogen-bond donors (Lipinski definition) is 0. The van der Waals surface area contributed by atoms with Crippen molar-refractivity contribution in [1.29, 1.82) is 0 Å². The highest BCUT2D eigenvalue weighted by atomic mass is 14.3. The molecule has 0 aromatic rings. The van der Waals surface area contributed by atoms with Crippen LogP contribution in [-0.4, -0.2) is 0 Å². The number of rotatable bonds is 3. The highest BCUT2D eigenvalue weighted by Gasteiger charge is 2.25. The van der Waals surface area contributed by atoms with Crippen LogP contribution in [0, 0.1) is 17.8 Å². The number of allylic oxidation sites excluding steroid dienone is 2. The van der Waals surface area contributed by atoms with Crippen molar-refractivity contribution in [2.45, 2.75) is 46.5 Å². The van der Waals surface area contributed by atoms with E-state index in [-0.39, 0.29) is 0 Å². The van der Waals surface area contributed by atoms with Gasteiger partial charge in [-0.1, -0.05) is 32.4 Å². The normalized spacial score (nSPS) is 32.9. The second kappa shape index (κ2) is 4.69. The van der Waals surface area contributed by atoms with Gasteiger partial charge in [0.1, 0.15) is 0 Å². The van der Waals surface area contributed by atoms with Crippen LogP contribution in [0.25, 0.3) is 0 Å². The predicted molar refractivity (Wildman–Crippen MR) is 55.1 cm³/mol. The van der Waals surface area contributed by atoms with Gasteiger partial charge in [0.25, 0.3) is 0 Å². The second-order valence-electron chi connectivity index (χ2n) is 4.24. The zero-order valence-electron chi connectivity index (χ0n) is 8.72. The summed E-state index contributed by atoms with van der Waals surface area (Å²) in [5.41, 5.74) is 0. The third-order valence-electron chi connectivity index (χ3n) is 3.43. The molecule has 0 bridgehead atoms. The zero-order valence-corrected chi connectivity index (χ0v) is 8.72. The van der Waals surface area contributed by atoms with E-state index in [1.54, 1.807) is 0 Å². The molecular formula is C12H22. The van der Waals surface area contributed by atoms with E-state index >= 15 is 0 Å². The van der Waals surface area contributed by atoms with Gasteiger partial charge in [0.05, 0.1) is 0 Å². The Hall–Kier alpha value is -0.260. The van der Waals surface area contributed by atoms with E-state index in [1.807, 2.05) is 0 Å². The van der Waals surface area contributed by atoms with Crippen LogP contribution in [0.3, 0.4) is 0 Å². The molecule has 0 heterocycles. The fourth-order valence-electron chi connectivity index (χ4n) is 2.35. The fraction of sp³-hybridized carbons (Fsp3) is 0.833. The highest BCUT2D eigenvalue weighted by Crippen LogP contribution is 2.37. The van der Waals surface area contributed by atoms with Crippen LogP contribution in [0.4, 0.5) is 0 Å². The molecule has 0 N–H and O–H groups in total. The molecule has 1 aliphatic carbocycles. The van der Waals surface area contributed by atoms with Crippen molar-refractivity contribution >= 4 is 0 Å². The summed E-state index contributed by atoms with van der Waals surface area (Å²) in [4.78, 5) is 0. The molecule has 0 amide bonds. The van der Waals surface area contributed by atoms with E-state index in [9.17, 15) is 0 Å². The van der Waals surface area contributed by atoms with Crippen LogP contribution in [0.1, 0.15) is 46.5 Å². The quantitative estimate of drug-likeness (QED) is 0.555. The van der Waals surface area contributed by atoms with E-state index in [0.29, 0.717) is 0 Å². The molecule has 0 aromatic heterocycles. The van der Waals surface area contributed by atoms with Crippen molar-refractivity contribution in [2.24, 2.45) is 17.8 Å². The van der Waals surface area contributed by atoms with Gasteiger partial charge in [-0.2, -0.15) is 0 Å². The summed E-state index contributed by atoms with van der Waals surface area (Å²) in [6.07, 6.45) is 10.3. The van der Waals surface area contributed by atoms with Crippen LogP contribution < -0.4 is 0 Å². The van der Waals surface area contributed by atoms with Gasteiger partial charge in [-0.3, -0.25) is 0 Å². The largest absolute Gasteiger partial charge is 0.0914 e. The Morgan fingerprint density at radius 2 is 2.17 bits per heavy atom. The maximum absolute atomic E-state index is 2.41. The average Bonchev–Trinajstić information content (AvgIpc) is 2.52. The van der Waals surface area contributed by atoms with Crippen molar-refractivity contribution in [1.82, 2.24) is 0 Å². The summed E-state index contributed by atoms with van der Waals surface area (Å²) < 4.78 is 0. The van der Waals surface area contributed by atoms with Crippen molar-refractivity contribution in [2.75, 3.05) is 0 Å². The maximum Gasteiger partial charge on any atom is -0.0231 e. The molecule has 0 aromatic carbocycles. The van der Waals surface area contributed by atoms with Gasteiger partial charge in [-0.15, -0.1) is 0 Å². The van der Waals surface area contributed by atoms with Crippen molar-refractivity contribution in [3.05, 3.63) is 12.2 Å². The van der Waals surface area contributed by atoms with Crippen LogP contribution in [0.5, 0.6) is 0 Å². The molecule has 70 valence electrons. The zero-order chi connectivity index (χ0) is 8.97. The average molecular weight is 166 g/mol. The topological polar surface area (TPSA) is 0 Å². The van der Waals surface area contributed by atoms with Gasteiger partial charge < -0.3 is 0 Å². The van der Waals surface area contributed by atoms with Gasteiger partial charge in [-0.25, -0.2) is 0 Å². The third-order valence-corrected chi connectivity index (χ3v) is 3.43. The van der Waals surface area contributed by atoms with Gasteiger partial charge >= 0.3 is 0 Å². The summed E-state index contributed by atoms with van der Waals surface area (Å²) in [7, 11) is 0. The standard InChI is InChI=1S/C12H22/c1-4-6-11-7-8-12(9-11)10(3)5-2/h4,6,10-12H,5,7-9H2,1-3H3/b6-4-/t10-,11+,12?/m1/s1. The van der Waals surface area contributed by atoms with Gasteiger partial charge in [-0.05, 0) is 43.9 Å². The molecule has 1 rings (SSSR count). The van der Waals surface area contributed by atoms with E-state index in [0.717, 1.165) is 17.8 Å². The van der Waals surface area contributed by atoms with Crippen molar-refractivity contribution in [3.63, 3.8) is 0 Å². The molecule has 0 nitrogen and oxygen atoms in total. The molecule has 0 spiro atoms. The van der Waals surface area contributed by atoms with Gasteiger partial charge in [0.2, 0.25) is 0 Å². The molecule has 1 unspecified atom stereocenters. The molecule has 3 atom stereocenters. The van der Waals surface area contributed by atoms with E-state index < -0.39 is 0 Å². The van der Waals surface area contributed by atoms with Crippen LogP contribution in [0.15, 0.2) is 12.2 Å². The molecule has 0 radical (unpaired) electrons. The lowest BCUT2D eigenvalue weighted by atomic mass is 9.90. The van der Waals surface area contributed by atoms with Gasteiger partial charge in [0, 0.05) is 0 Å². The van der Waals surface area contributed by atoms with E-state index in [2.05, 4.69) is 32.9 Å². The minimum Gasteiger partial charge on any atom is -0.0914 e. The minimum atomic E-state index is 0.897. The molecule has 0 saturated heterocycles. The second-order valence-corrected chi connectivity index (χ2v) is 4.24. The Balaban J connectivity index is 2.34. The Labute approximate surface area is 77.1 Å². The maximum atomic E-state index is 2.41. The summed E-state index contributed by atoms with van der Waals surface area (Å²) in [5.74, 6) is 2.85. The molecule has 12 heavy (non-hydrogen) atoms. The first-order valence-electron chi connectivity index (χ1n) is 5.40. The molecule has 0 heteroatoms. The molecule has 1 fully saturated rings. The molecule has 0 aliphatic heterocycles. The Morgan fingerprint density at radius 3 is 2.75 bits per heavy atom. The fourth-order valence-corrected chi connectivity index (χ4v) is 2.35. The van der Waals surface area contributed by atoms with E-state index in [4.69, 9.17) is 0 Å². The Morgan fingerprint density at radius 1 is 1.42 bits per heavy atom. The summed E-state index contributed by atoms with van der Waals surface area (Å²) in [5, 5.41) is 0. The third kappa shape index (κ3) is 2.36. The van der Waals surface area contributed by atoms with Crippen molar-refractivity contribution < 1.29 is 0 Å². The Kier molecular flexibility index (Phi) is 3.84. The molecular weight excluding hydrogens is 144 g/mol. The van der Waals surface area contributed by atoms with Crippen LogP contribution in [0.2, 0.25) is 0 Å². The van der Waals surface area contributed by atoms with E-state index in [1.165, 1.54) is 25.7 Å². The summed E-state index contributed by atoms with van der Waals surface area (Å²) in [6.45, 7) is 6.85.